The summed E-state index contributed by atoms with van der Waals surface area (Å²) in [5, 5.41) is 2.82. The molecule has 4 nitrogen and oxygen atoms in total. The minimum Gasteiger partial charge on any atom is -0.493 e. The number of methoxy groups -OCH3 is 1. The average Bonchev–Trinajstić information content (AvgIpc) is 2.98. The maximum Gasteiger partial charge on any atom is 0.387 e. The van der Waals surface area contributed by atoms with Crippen molar-refractivity contribution in [3.8, 4) is 11.5 Å². The number of benzene rings is 1. The van der Waals surface area contributed by atoms with Crippen LogP contribution in [0.25, 0.3) is 0 Å². The molecule has 2 rings (SSSR count). The first-order valence-corrected chi connectivity index (χ1v) is 7.13. The quantitative estimate of drug-likeness (QED) is 0.786. The molecule has 0 saturated heterocycles. The van der Waals surface area contributed by atoms with Crippen LogP contribution in [-0.2, 0) is 11.3 Å². The van der Waals surface area contributed by atoms with E-state index < -0.39 is 6.61 Å². The van der Waals surface area contributed by atoms with E-state index in [0.29, 0.717) is 18.9 Å². The van der Waals surface area contributed by atoms with Gasteiger partial charge in [0.25, 0.3) is 0 Å². The molecule has 120 valence electrons. The van der Waals surface area contributed by atoms with Gasteiger partial charge in [-0.05, 0) is 36.5 Å². The molecule has 1 aliphatic rings. The molecule has 1 aromatic carbocycles. The van der Waals surface area contributed by atoms with Gasteiger partial charge in [-0.25, -0.2) is 0 Å². The van der Waals surface area contributed by atoms with Gasteiger partial charge in [0.1, 0.15) is 0 Å². The Morgan fingerprint density at radius 2 is 2.23 bits per heavy atom. The van der Waals surface area contributed by atoms with Crippen LogP contribution in [0.3, 0.4) is 0 Å². The second kappa shape index (κ2) is 7.77. The second-order valence-corrected chi connectivity index (χ2v) is 5.11. The number of nitrogens with one attached hydrogen (secondary N) is 1. The molecule has 1 aliphatic carbocycles. The smallest absolute Gasteiger partial charge is 0.387 e. The molecule has 1 N–H and O–H groups in total. The monoisotopic (exact) mass is 311 g/mol. The lowest BCUT2D eigenvalue weighted by Crippen LogP contribution is -2.24. The summed E-state index contributed by atoms with van der Waals surface area (Å²) in [7, 11) is 1.38. The third-order valence-electron chi connectivity index (χ3n) is 3.49. The first kappa shape index (κ1) is 16.3. The van der Waals surface area contributed by atoms with Gasteiger partial charge in [-0.15, -0.1) is 0 Å². The number of hydrogen-bond acceptors (Lipinski definition) is 3. The number of halogens is 2. The van der Waals surface area contributed by atoms with Crippen molar-refractivity contribution in [2.24, 2.45) is 5.92 Å². The first-order chi connectivity index (χ1) is 10.6. The SMILES string of the molecule is COc1cc(CNC(=O)C[C@@H]2C=CCC2)ccc1OC(F)F. The highest BCUT2D eigenvalue weighted by Gasteiger charge is 2.14. The molecule has 22 heavy (non-hydrogen) atoms. The van der Waals surface area contributed by atoms with Crippen LogP contribution < -0.4 is 14.8 Å². The van der Waals surface area contributed by atoms with Crippen LogP contribution in [0.2, 0.25) is 0 Å². The Morgan fingerprint density at radius 1 is 1.41 bits per heavy atom. The molecule has 0 heterocycles. The molecule has 0 saturated carbocycles. The average molecular weight is 311 g/mol. The van der Waals surface area contributed by atoms with Gasteiger partial charge in [0, 0.05) is 13.0 Å². The van der Waals surface area contributed by atoms with Gasteiger partial charge in [-0.3, -0.25) is 4.79 Å². The molecule has 0 fully saturated rings. The van der Waals surface area contributed by atoms with Crippen molar-refractivity contribution in [2.75, 3.05) is 7.11 Å². The Kier molecular flexibility index (Phi) is 5.75. The van der Waals surface area contributed by atoms with E-state index in [9.17, 15) is 13.6 Å². The van der Waals surface area contributed by atoms with Crippen molar-refractivity contribution in [1.29, 1.82) is 0 Å². The predicted octanol–water partition coefficient (Wildman–Crippen LogP) is 3.27. The summed E-state index contributed by atoms with van der Waals surface area (Å²) in [6.07, 6.45) is 6.67. The molecule has 0 bridgehead atoms. The summed E-state index contributed by atoms with van der Waals surface area (Å²) in [5.74, 6) is 0.481. The van der Waals surface area contributed by atoms with Crippen LogP contribution in [0.15, 0.2) is 30.4 Å². The summed E-state index contributed by atoms with van der Waals surface area (Å²) >= 11 is 0. The standard InChI is InChI=1S/C16H19F2NO3/c1-21-14-8-12(6-7-13(14)22-16(17)18)10-19-15(20)9-11-4-2-3-5-11/h2,4,6-8,11,16H,3,5,9-10H2,1H3,(H,19,20)/t11-/m1/s1. The van der Waals surface area contributed by atoms with Crippen molar-refractivity contribution < 1.29 is 23.0 Å². The number of alkyl halides is 2. The maximum atomic E-state index is 12.2. The van der Waals surface area contributed by atoms with E-state index in [-0.39, 0.29) is 17.4 Å². The van der Waals surface area contributed by atoms with Crippen LogP contribution in [0.1, 0.15) is 24.8 Å². The van der Waals surface area contributed by atoms with E-state index >= 15 is 0 Å². The van der Waals surface area contributed by atoms with Crippen molar-refractivity contribution >= 4 is 5.91 Å². The molecular weight excluding hydrogens is 292 g/mol. The summed E-state index contributed by atoms with van der Waals surface area (Å²) in [5.41, 5.74) is 0.758. The first-order valence-electron chi connectivity index (χ1n) is 7.13. The highest BCUT2D eigenvalue weighted by Crippen LogP contribution is 2.29. The molecule has 1 atom stereocenters. The highest BCUT2D eigenvalue weighted by atomic mass is 19.3. The van der Waals surface area contributed by atoms with Crippen molar-refractivity contribution in [3.63, 3.8) is 0 Å². The van der Waals surface area contributed by atoms with Crippen LogP contribution in [-0.4, -0.2) is 19.6 Å². The molecule has 0 spiro atoms. The fourth-order valence-electron chi connectivity index (χ4n) is 2.39. The molecule has 1 amide bonds. The topological polar surface area (TPSA) is 47.6 Å². The Morgan fingerprint density at radius 3 is 2.86 bits per heavy atom. The Hall–Kier alpha value is -2.11. The van der Waals surface area contributed by atoms with Gasteiger partial charge < -0.3 is 14.8 Å². The largest absolute Gasteiger partial charge is 0.493 e. The lowest BCUT2D eigenvalue weighted by Gasteiger charge is -2.12. The van der Waals surface area contributed by atoms with Crippen molar-refractivity contribution in [1.82, 2.24) is 5.32 Å². The minimum atomic E-state index is -2.90. The predicted molar refractivity (Wildman–Crippen MR) is 78.0 cm³/mol. The molecular formula is C16H19F2NO3. The zero-order valence-electron chi connectivity index (χ0n) is 12.4. The number of amides is 1. The molecule has 0 unspecified atom stereocenters. The summed E-state index contributed by atoms with van der Waals surface area (Å²) in [6, 6.07) is 4.61. The minimum absolute atomic E-state index is 0.0244. The molecule has 0 aliphatic heterocycles. The van der Waals surface area contributed by atoms with Gasteiger partial charge in [0.2, 0.25) is 5.91 Å². The lowest BCUT2D eigenvalue weighted by molar-refractivity contribution is -0.121. The van der Waals surface area contributed by atoms with Gasteiger partial charge in [0.05, 0.1) is 7.11 Å². The number of allylic oxidation sites excluding steroid dienone is 2. The lowest BCUT2D eigenvalue weighted by atomic mass is 10.1. The second-order valence-electron chi connectivity index (χ2n) is 5.11. The number of rotatable bonds is 7. The van der Waals surface area contributed by atoms with Crippen LogP contribution in [0.4, 0.5) is 8.78 Å². The maximum absolute atomic E-state index is 12.2. The van der Waals surface area contributed by atoms with E-state index in [0.717, 1.165) is 18.4 Å². The number of hydrogen-bond donors (Lipinski definition) is 1. The normalized spacial score (nSPS) is 16.8. The Labute approximate surface area is 128 Å². The van der Waals surface area contributed by atoms with Crippen molar-refractivity contribution in [2.45, 2.75) is 32.4 Å². The molecule has 6 heteroatoms. The summed E-state index contributed by atoms with van der Waals surface area (Å²) < 4.78 is 33.9. The zero-order chi connectivity index (χ0) is 15.9. The van der Waals surface area contributed by atoms with Crippen molar-refractivity contribution in [3.05, 3.63) is 35.9 Å². The molecule has 0 radical (unpaired) electrons. The van der Waals surface area contributed by atoms with E-state index in [2.05, 4.69) is 22.2 Å². The van der Waals surface area contributed by atoms with Crippen LogP contribution >= 0.6 is 0 Å². The molecule has 1 aromatic rings. The van der Waals surface area contributed by atoms with Gasteiger partial charge in [0.15, 0.2) is 11.5 Å². The van der Waals surface area contributed by atoms with E-state index in [1.54, 1.807) is 12.1 Å². The van der Waals surface area contributed by atoms with Gasteiger partial charge >= 0.3 is 6.61 Å². The third kappa shape index (κ3) is 4.72. The van der Waals surface area contributed by atoms with Gasteiger partial charge in [-0.2, -0.15) is 8.78 Å². The van der Waals surface area contributed by atoms with E-state index in [1.165, 1.54) is 13.2 Å². The zero-order valence-corrected chi connectivity index (χ0v) is 12.4. The number of ether oxygens (including phenoxy) is 2. The fraction of sp³-hybridized carbons (Fsp3) is 0.438. The third-order valence-corrected chi connectivity index (χ3v) is 3.49. The number of carbonyl (C=O) groups is 1. The fourth-order valence-corrected chi connectivity index (χ4v) is 2.39. The summed E-state index contributed by atoms with van der Waals surface area (Å²) in [6.45, 7) is -2.58. The molecule has 0 aromatic heterocycles. The van der Waals surface area contributed by atoms with E-state index in [4.69, 9.17) is 4.74 Å². The Bertz CT molecular complexity index is 546. The highest BCUT2D eigenvalue weighted by molar-refractivity contribution is 5.76. The summed E-state index contributed by atoms with van der Waals surface area (Å²) in [4.78, 5) is 11.8. The van der Waals surface area contributed by atoms with Crippen LogP contribution in [0.5, 0.6) is 11.5 Å². The van der Waals surface area contributed by atoms with Crippen LogP contribution in [0, 0.1) is 5.92 Å². The van der Waals surface area contributed by atoms with Gasteiger partial charge in [-0.1, -0.05) is 18.2 Å². The number of carbonyl (C=O) groups excluding carboxylic acids is 1. The Balaban J connectivity index is 1.89. The van der Waals surface area contributed by atoms with E-state index in [1.807, 2.05) is 0 Å².